The van der Waals surface area contributed by atoms with Crippen LogP contribution in [0.2, 0.25) is 0 Å². The van der Waals surface area contributed by atoms with Gasteiger partial charge in [0.25, 0.3) is 0 Å². The Bertz CT molecular complexity index is 617. The van der Waals surface area contributed by atoms with Gasteiger partial charge in [-0.2, -0.15) is 0 Å². The standard InChI is InChI=1S/C27H42N/c1-4-5-6-7-8-9-10-11-18-23-27(26-21-16-13-17-22-26)28(2,3)24-25-19-14-12-15-20-25/h12-17,19-22,27H,4-11,18,23-24H2,1-3H3/q+1. The fourth-order valence-corrected chi connectivity index (χ4v) is 4.41. The Morgan fingerprint density at radius 2 is 1.14 bits per heavy atom. The maximum Gasteiger partial charge on any atom is 0.114 e. The maximum absolute atomic E-state index is 2.40. The molecule has 0 fully saturated rings. The van der Waals surface area contributed by atoms with Gasteiger partial charge in [0.15, 0.2) is 0 Å². The second-order valence-electron chi connectivity index (χ2n) is 8.97. The highest BCUT2D eigenvalue weighted by atomic mass is 15.3. The third-order valence-corrected chi connectivity index (χ3v) is 6.04. The van der Waals surface area contributed by atoms with Crippen LogP contribution in [0.15, 0.2) is 60.7 Å². The Kier molecular flexibility index (Phi) is 10.4. The molecule has 1 atom stereocenters. The zero-order valence-corrected chi connectivity index (χ0v) is 18.6. The maximum atomic E-state index is 2.40. The van der Waals surface area contributed by atoms with Gasteiger partial charge < -0.3 is 4.48 Å². The lowest BCUT2D eigenvalue weighted by Gasteiger charge is -2.39. The minimum atomic E-state index is 0.561. The van der Waals surface area contributed by atoms with E-state index in [0.717, 1.165) is 11.0 Å². The normalized spacial score (nSPS) is 12.8. The average Bonchev–Trinajstić information content (AvgIpc) is 2.70. The van der Waals surface area contributed by atoms with E-state index < -0.39 is 0 Å². The van der Waals surface area contributed by atoms with Crippen molar-refractivity contribution in [1.29, 1.82) is 0 Å². The molecule has 0 aliphatic rings. The topological polar surface area (TPSA) is 0 Å². The van der Waals surface area contributed by atoms with E-state index in [-0.39, 0.29) is 0 Å². The molecule has 154 valence electrons. The van der Waals surface area contributed by atoms with Crippen molar-refractivity contribution in [2.24, 2.45) is 0 Å². The minimum absolute atomic E-state index is 0.561. The molecular formula is C27H42N+. The van der Waals surface area contributed by atoms with Crippen LogP contribution in [0.3, 0.4) is 0 Å². The molecule has 0 saturated heterocycles. The lowest BCUT2D eigenvalue weighted by molar-refractivity contribution is -0.934. The largest absolute Gasteiger partial charge is 0.319 e. The summed E-state index contributed by atoms with van der Waals surface area (Å²) in [5, 5.41) is 0. The molecule has 0 amide bonds. The molecule has 1 nitrogen and oxygen atoms in total. The SMILES string of the molecule is CCCCCCCCCCCC(c1ccccc1)[N+](C)(C)Cc1ccccc1. The highest BCUT2D eigenvalue weighted by molar-refractivity contribution is 5.18. The van der Waals surface area contributed by atoms with Crippen LogP contribution in [0.25, 0.3) is 0 Å². The Hall–Kier alpha value is -1.60. The number of rotatable bonds is 14. The molecule has 0 heterocycles. The summed E-state index contributed by atoms with van der Waals surface area (Å²) >= 11 is 0. The first-order chi connectivity index (χ1) is 13.6. The van der Waals surface area contributed by atoms with Crippen molar-refractivity contribution in [1.82, 2.24) is 0 Å². The molecule has 0 radical (unpaired) electrons. The first kappa shape index (κ1) is 22.7. The van der Waals surface area contributed by atoms with E-state index in [0.29, 0.717) is 6.04 Å². The van der Waals surface area contributed by atoms with Crippen LogP contribution in [0, 0.1) is 0 Å². The summed E-state index contributed by atoms with van der Waals surface area (Å²) in [4.78, 5) is 0. The molecular weight excluding hydrogens is 338 g/mol. The molecule has 0 saturated carbocycles. The summed E-state index contributed by atoms with van der Waals surface area (Å²) in [6.07, 6.45) is 13.9. The number of benzene rings is 2. The van der Waals surface area contributed by atoms with Crippen LogP contribution >= 0.6 is 0 Å². The third kappa shape index (κ3) is 8.19. The molecule has 0 bridgehead atoms. The zero-order chi connectivity index (χ0) is 20.1. The van der Waals surface area contributed by atoms with Crippen molar-refractivity contribution >= 4 is 0 Å². The van der Waals surface area contributed by atoms with Gasteiger partial charge in [0, 0.05) is 17.5 Å². The van der Waals surface area contributed by atoms with Gasteiger partial charge in [0.05, 0.1) is 14.1 Å². The Morgan fingerprint density at radius 1 is 0.643 bits per heavy atom. The average molecular weight is 381 g/mol. The molecule has 28 heavy (non-hydrogen) atoms. The molecule has 0 spiro atoms. The van der Waals surface area contributed by atoms with Gasteiger partial charge in [-0.15, -0.1) is 0 Å². The monoisotopic (exact) mass is 380 g/mol. The Labute approximate surface area is 174 Å². The van der Waals surface area contributed by atoms with Crippen molar-refractivity contribution in [3.8, 4) is 0 Å². The zero-order valence-electron chi connectivity index (χ0n) is 18.6. The molecule has 2 aromatic rings. The minimum Gasteiger partial charge on any atom is -0.319 e. The predicted octanol–water partition coefficient (Wildman–Crippen LogP) is 7.93. The van der Waals surface area contributed by atoms with E-state index in [1.54, 1.807) is 0 Å². The highest BCUT2D eigenvalue weighted by Gasteiger charge is 2.29. The molecule has 1 unspecified atom stereocenters. The molecule has 1 heteroatoms. The van der Waals surface area contributed by atoms with Crippen molar-refractivity contribution in [2.75, 3.05) is 14.1 Å². The van der Waals surface area contributed by atoms with Gasteiger partial charge in [0.2, 0.25) is 0 Å². The summed E-state index contributed by atoms with van der Waals surface area (Å²) < 4.78 is 1.02. The summed E-state index contributed by atoms with van der Waals surface area (Å²) in [5.74, 6) is 0. The van der Waals surface area contributed by atoms with E-state index in [2.05, 4.69) is 81.7 Å². The smallest absolute Gasteiger partial charge is 0.114 e. The van der Waals surface area contributed by atoms with Gasteiger partial charge in [-0.1, -0.05) is 119 Å². The van der Waals surface area contributed by atoms with Crippen molar-refractivity contribution in [2.45, 2.75) is 83.7 Å². The van der Waals surface area contributed by atoms with E-state index in [1.165, 1.54) is 75.3 Å². The lowest BCUT2D eigenvalue weighted by atomic mass is 9.96. The first-order valence-corrected chi connectivity index (χ1v) is 11.5. The molecule has 0 N–H and O–H groups in total. The van der Waals surface area contributed by atoms with Crippen LogP contribution in [0.4, 0.5) is 0 Å². The highest BCUT2D eigenvalue weighted by Crippen LogP contribution is 2.32. The van der Waals surface area contributed by atoms with Crippen LogP contribution in [-0.4, -0.2) is 18.6 Å². The number of unbranched alkanes of at least 4 members (excludes halogenated alkanes) is 8. The fourth-order valence-electron chi connectivity index (χ4n) is 4.41. The molecule has 0 aromatic heterocycles. The molecule has 0 aliphatic heterocycles. The van der Waals surface area contributed by atoms with Gasteiger partial charge in [-0.3, -0.25) is 0 Å². The van der Waals surface area contributed by atoms with Crippen molar-refractivity contribution in [3.05, 3.63) is 71.8 Å². The number of quaternary nitrogens is 1. The number of hydrogen-bond donors (Lipinski definition) is 0. The summed E-state index contributed by atoms with van der Waals surface area (Å²) in [6.45, 7) is 3.37. The Balaban J connectivity index is 1.86. The van der Waals surface area contributed by atoms with E-state index in [9.17, 15) is 0 Å². The van der Waals surface area contributed by atoms with Crippen molar-refractivity contribution < 1.29 is 4.48 Å². The van der Waals surface area contributed by atoms with Crippen LogP contribution in [0.5, 0.6) is 0 Å². The number of nitrogens with zero attached hydrogens (tertiary/aromatic N) is 1. The van der Waals surface area contributed by atoms with Crippen molar-refractivity contribution in [3.63, 3.8) is 0 Å². The lowest BCUT2D eigenvalue weighted by Crippen LogP contribution is -2.42. The quantitative estimate of drug-likeness (QED) is 0.230. The second kappa shape index (κ2) is 12.8. The Morgan fingerprint density at radius 3 is 1.71 bits per heavy atom. The first-order valence-electron chi connectivity index (χ1n) is 11.5. The molecule has 0 aliphatic carbocycles. The van der Waals surface area contributed by atoms with Gasteiger partial charge in [-0.05, 0) is 6.42 Å². The van der Waals surface area contributed by atoms with Crippen LogP contribution in [0.1, 0.15) is 88.3 Å². The van der Waals surface area contributed by atoms with Gasteiger partial charge in [0.1, 0.15) is 12.6 Å². The second-order valence-corrected chi connectivity index (χ2v) is 8.97. The fraction of sp³-hybridized carbons (Fsp3) is 0.556. The summed E-state index contributed by atoms with van der Waals surface area (Å²) in [6, 6.07) is 22.7. The van der Waals surface area contributed by atoms with Crippen LogP contribution < -0.4 is 0 Å². The number of hydrogen-bond acceptors (Lipinski definition) is 0. The third-order valence-electron chi connectivity index (χ3n) is 6.04. The van der Waals surface area contributed by atoms with E-state index >= 15 is 0 Å². The van der Waals surface area contributed by atoms with Crippen LogP contribution in [-0.2, 0) is 6.54 Å². The molecule has 2 rings (SSSR count). The summed E-state index contributed by atoms with van der Waals surface area (Å²) in [5.41, 5.74) is 2.92. The summed E-state index contributed by atoms with van der Waals surface area (Å²) in [7, 11) is 4.80. The van der Waals surface area contributed by atoms with Gasteiger partial charge >= 0.3 is 0 Å². The van der Waals surface area contributed by atoms with E-state index in [1.807, 2.05) is 0 Å². The molecule has 2 aromatic carbocycles. The predicted molar refractivity (Wildman–Crippen MR) is 123 cm³/mol. The van der Waals surface area contributed by atoms with Gasteiger partial charge in [-0.25, -0.2) is 0 Å². The van der Waals surface area contributed by atoms with E-state index in [4.69, 9.17) is 0 Å².